The van der Waals surface area contributed by atoms with Gasteiger partial charge in [-0.25, -0.2) is 0 Å². The summed E-state index contributed by atoms with van der Waals surface area (Å²) in [6.07, 6.45) is 10.8. The third-order valence-corrected chi connectivity index (χ3v) is 4.92. The van der Waals surface area contributed by atoms with Gasteiger partial charge in [0.15, 0.2) is 6.29 Å². The van der Waals surface area contributed by atoms with E-state index < -0.39 is 0 Å². The van der Waals surface area contributed by atoms with Gasteiger partial charge in [-0.2, -0.15) is 0 Å². The fraction of sp³-hybridized carbons (Fsp3) is 0.474. The third-order valence-electron chi connectivity index (χ3n) is 4.92. The minimum atomic E-state index is -0.0758. The van der Waals surface area contributed by atoms with Crippen LogP contribution < -0.4 is 0 Å². The molecule has 1 unspecified atom stereocenters. The number of hydrogen-bond acceptors (Lipinski definition) is 4. The molecule has 0 bridgehead atoms. The molecule has 3 rings (SSSR count). The predicted octanol–water partition coefficient (Wildman–Crippen LogP) is 3.20. The Morgan fingerprint density at radius 2 is 2.29 bits per heavy atom. The van der Waals surface area contributed by atoms with E-state index >= 15 is 0 Å². The van der Waals surface area contributed by atoms with E-state index in [0.29, 0.717) is 23.8 Å². The van der Waals surface area contributed by atoms with Crippen LogP contribution in [0.4, 0.5) is 0 Å². The summed E-state index contributed by atoms with van der Waals surface area (Å²) < 4.78 is 0. The molecule has 0 spiro atoms. The van der Waals surface area contributed by atoms with Crippen molar-refractivity contribution in [3.8, 4) is 0 Å². The van der Waals surface area contributed by atoms with Crippen LogP contribution in [0.25, 0.3) is 0 Å². The maximum Gasteiger partial charge on any atom is 0.255 e. The van der Waals surface area contributed by atoms with Crippen LogP contribution in [0.1, 0.15) is 65.9 Å². The minimum Gasteiger partial charge on any atom is -0.327 e. The van der Waals surface area contributed by atoms with Crippen molar-refractivity contribution >= 4 is 18.4 Å². The highest BCUT2D eigenvalue weighted by Crippen LogP contribution is 2.28. The lowest BCUT2D eigenvalue weighted by atomic mass is 9.94. The summed E-state index contributed by atoms with van der Waals surface area (Å²) in [6, 6.07) is 2.06. The number of rotatable bonds is 6. The molecular weight excluding hydrogens is 302 g/mol. The largest absolute Gasteiger partial charge is 0.327 e. The van der Waals surface area contributed by atoms with Crippen molar-refractivity contribution in [3.63, 3.8) is 0 Å². The normalized spacial score (nSPS) is 19.5. The number of aldehydes is 1. The molecule has 5 nitrogen and oxygen atoms in total. The number of carbonyl (C=O) groups is 2. The second kappa shape index (κ2) is 7.07. The number of aliphatic imine (C=N–C) groups is 1. The second-order valence-electron chi connectivity index (χ2n) is 6.42. The van der Waals surface area contributed by atoms with E-state index in [9.17, 15) is 9.59 Å². The summed E-state index contributed by atoms with van der Waals surface area (Å²) in [6.45, 7) is 4.53. The standard InChI is InChI=1S/C19H23N3O2/c1-3-5-14(10-21-15-6-4-7-15)13(2)22-11-17-16(19(22)24)8-9-20-18(17)12-23/h5,8-10,12-13,15H,3-4,6-7,11H2,1-2H3/b14-5+,21-10?. The third kappa shape index (κ3) is 3.03. The van der Waals surface area contributed by atoms with Crippen LogP contribution in [-0.2, 0) is 6.54 Å². The molecule has 0 N–H and O–H groups in total. The lowest BCUT2D eigenvalue weighted by molar-refractivity contribution is 0.0744. The van der Waals surface area contributed by atoms with Crippen molar-refractivity contribution in [2.75, 3.05) is 0 Å². The number of aromatic nitrogens is 1. The Hall–Kier alpha value is -2.30. The Morgan fingerprint density at radius 1 is 1.50 bits per heavy atom. The van der Waals surface area contributed by atoms with Crippen molar-refractivity contribution in [1.29, 1.82) is 0 Å². The van der Waals surface area contributed by atoms with Gasteiger partial charge in [-0.15, -0.1) is 0 Å². The van der Waals surface area contributed by atoms with Gasteiger partial charge in [-0.1, -0.05) is 13.0 Å². The Morgan fingerprint density at radius 3 is 2.92 bits per heavy atom. The van der Waals surface area contributed by atoms with E-state index in [1.54, 1.807) is 11.0 Å². The van der Waals surface area contributed by atoms with E-state index in [1.165, 1.54) is 12.6 Å². The van der Waals surface area contributed by atoms with Crippen LogP contribution in [0.3, 0.4) is 0 Å². The smallest absolute Gasteiger partial charge is 0.255 e. The van der Waals surface area contributed by atoms with Crippen LogP contribution in [0.15, 0.2) is 28.9 Å². The highest BCUT2D eigenvalue weighted by molar-refractivity contribution is 6.01. The zero-order valence-electron chi connectivity index (χ0n) is 14.2. The molecule has 1 amide bonds. The van der Waals surface area contributed by atoms with E-state index in [0.717, 1.165) is 36.7 Å². The summed E-state index contributed by atoms with van der Waals surface area (Å²) in [4.78, 5) is 34.4. The van der Waals surface area contributed by atoms with Gasteiger partial charge in [0.05, 0.1) is 6.04 Å². The molecule has 1 aliphatic heterocycles. The van der Waals surface area contributed by atoms with Crippen molar-refractivity contribution in [3.05, 3.63) is 40.7 Å². The summed E-state index contributed by atoms with van der Waals surface area (Å²) >= 11 is 0. The van der Waals surface area contributed by atoms with Gasteiger partial charge >= 0.3 is 0 Å². The number of carbonyl (C=O) groups excluding carboxylic acids is 2. The maximum absolute atomic E-state index is 12.7. The van der Waals surface area contributed by atoms with Crippen molar-refractivity contribution in [2.24, 2.45) is 4.99 Å². The molecule has 5 heteroatoms. The molecule has 1 aromatic heterocycles. The first kappa shape index (κ1) is 16.6. The summed E-state index contributed by atoms with van der Waals surface area (Å²) in [5.74, 6) is -0.0398. The molecule has 1 aromatic rings. The van der Waals surface area contributed by atoms with Crippen LogP contribution >= 0.6 is 0 Å². The fourth-order valence-corrected chi connectivity index (χ4v) is 3.16. The summed E-state index contributed by atoms with van der Waals surface area (Å²) in [5, 5.41) is 0. The zero-order valence-corrected chi connectivity index (χ0v) is 14.2. The topological polar surface area (TPSA) is 62.6 Å². The molecule has 2 heterocycles. The zero-order chi connectivity index (χ0) is 17.1. The quantitative estimate of drug-likeness (QED) is 0.596. The highest BCUT2D eigenvalue weighted by atomic mass is 16.2. The van der Waals surface area contributed by atoms with Gasteiger partial charge in [0.2, 0.25) is 0 Å². The molecule has 0 aromatic carbocycles. The van der Waals surface area contributed by atoms with Gasteiger partial charge in [0.1, 0.15) is 5.69 Å². The van der Waals surface area contributed by atoms with E-state index in [2.05, 4.69) is 23.0 Å². The van der Waals surface area contributed by atoms with Gasteiger partial charge < -0.3 is 4.90 Å². The predicted molar refractivity (Wildman–Crippen MR) is 93.5 cm³/mol. The number of fused-ring (bicyclic) bond motifs is 1. The second-order valence-corrected chi connectivity index (χ2v) is 6.42. The first-order valence-electron chi connectivity index (χ1n) is 8.63. The Labute approximate surface area is 142 Å². The average molecular weight is 325 g/mol. The molecule has 24 heavy (non-hydrogen) atoms. The van der Waals surface area contributed by atoms with Crippen LogP contribution in [0.2, 0.25) is 0 Å². The molecule has 1 aliphatic carbocycles. The van der Waals surface area contributed by atoms with E-state index in [-0.39, 0.29) is 11.9 Å². The molecule has 1 atom stereocenters. The maximum atomic E-state index is 12.7. The first-order valence-corrected chi connectivity index (χ1v) is 8.63. The van der Waals surface area contributed by atoms with Gasteiger partial charge in [-0.3, -0.25) is 19.6 Å². The number of amides is 1. The molecule has 0 radical (unpaired) electrons. The Bertz CT molecular complexity index is 705. The number of hydrogen-bond donors (Lipinski definition) is 0. The van der Waals surface area contributed by atoms with Gasteiger partial charge in [-0.05, 0) is 44.2 Å². The number of allylic oxidation sites excluding steroid dienone is 1. The SMILES string of the molecule is CC/C=C(\C=NC1CCC1)C(C)N1Cc2c(ccnc2C=O)C1=O. The van der Waals surface area contributed by atoms with Crippen LogP contribution in [-0.4, -0.2) is 40.4 Å². The fourth-order valence-electron chi connectivity index (χ4n) is 3.16. The lowest BCUT2D eigenvalue weighted by Crippen LogP contribution is -2.35. The molecule has 1 fully saturated rings. The lowest BCUT2D eigenvalue weighted by Gasteiger charge is -2.26. The molecule has 126 valence electrons. The number of nitrogens with zero attached hydrogens (tertiary/aromatic N) is 3. The van der Waals surface area contributed by atoms with Crippen LogP contribution in [0.5, 0.6) is 0 Å². The summed E-state index contributed by atoms with van der Waals surface area (Å²) in [5.41, 5.74) is 2.74. The monoisotopic (exact) mass is 325 g/mol. The molecular formula is C19H23N3O2. The first-order chi connectivity index (χ1) is 11.7. The summed E-state index contributed by atoms with van der Waals surface area (Å²) in [7, 11) is 0. The molecule has 0 saturated heterocycles. The van der Waals surface area contributed by atoms with Crippen molar-refractivity contribution in [2.45, 2.75) is 58.2 Å². The van der Waals surface area contributed by atoms with Crippen molar-refractivity contribution in [1.82, 2.24) is 9.88 Å². The van der Waals surface area contributed by atoms with Gasteiger partial charge in [0, 0.05) is 36.1 Å². The van der Waals surface area contributed by atoms with Crippen molar-refractivity contribution < 1.29 is 9.59 Å². The molecule has 1 saturated carbocycles. The number of pyridine rings is 1. The highest BCUT2D eigenvalue weighted by Gasteiger charge is 2.33. The average Bonchev–Trinajstić information content (AvgIpc) is 2.89. The Kier molecular flexibility index (Phi) is 4.88. The molecule has 2 aliphatic rings. The van der Waals surface area contributed by atoms with Crippen LogP contribution in [0, 0.1) is 0 Å². The van der Waals surface area contributed by atoms with E-state index in [1.807, 2.05) is 13.1 Å². The van der Waals surface area contributed by atoms with Gasteiger partial charge in [0.25, 0.3) is 5.91 Å². The minimum absolute atomic E-state index is 0.0398. The van der Waals surface area contributed by atoms with E-state index in [4.69, 9.17) is 0 Å². The Balaban J connectivity index is 1.82.